The fourth-order valence-corrected chi connectivity index (χ4v) is 5.80. The highest BCUT2D eigenvalue weighted by Crippen LogP contribution is 2.38. The largest absolute Gasteiger partial charge is 0.495 e. The van der Waals surface area contributed by atoms with Crippen molar-refractivity contribution in [2.45, 2.75) is 110 Å². The van der Waals surface area contributed by atoms with Crippen LogP contribution in [0.5, 0.6) is 0 Å². The molecule has 3 heterocycles. The van der Waals surface area contributed by atoms with E-state index in [1.165, 1.54) is 0 Å². The summed E-state index contributed by atoms with van der Waals surface area (Å²) in [5.41, 5.74) is 3.20. The van der Waals surface area contributed by atoms with Gasteiger partial charge in [-0.15, -0.1) is 0 Å². The number of carbonyl (C=O) groups is 1. The summed E-state index contributed by atoms with van der Waals surface area (Å²) in [6, 6.07) is 7.91. The molecule has 1 fully saturated rings. The van der Waals surface area contributed by atoms with E-state index >= 15 is 0 Å². The number of hydrogen-bond acceptors (Lipinski definition) is 6. The summed E-state index contributed by atoms with van der Waals surface area (Å²) in [5.74, 6) is -0.217. The number of nitrogens with one attached hydrogen (secondary N) is 2. The van der Waals surface area contributed by atoms with E-state index in [1.807, 2.05) is 63.6 Å². The smallest absolute Gasteiger partial charge is 0.416 e. The molecular weight excluding hydrogens is 507 g/mol. The second kappa shape index (κ2) is 10.8. The normalized spacial score (nSPS) is 20.7. The molecule has 2 aliphatic heterocycles. The van der Waals surface area contributed by atoms with E-state index in [-0.39, 0.29) is 17.0 Å². The number of benzene rings is 1. The minimum absolute atomic E-state index is 0.157. The van der Waals surface area contributed by atoms with Crippen LogP contribution in [0.25, 0.3) is 0 Å². The summed E-state index contributed by atoms with van der Waals surface area (Å²) in [6.07, 6.45) is 2.04. The van der Waals surface area contributed by atoms with Crippen molar-refractivity contribution in [3.05, 3.63) is 41.2 Å². The number of hydrogen-bond donors (Lipinski definition) is 2. The zero-order valence-electron chi connectivity index (χ0n) is 25.5. The average molecular weight is 555 g/mol. The highest BCUT2D eigenvalue weighted by Gasteiger charge is 2.52. The molecule has 4 rings (SSSR count). The number of aromatic nitrogens is 2. The molecule has 0 bridgehead atoms. The highest BCUT2D eigenvalue weighted by molar-refractivity contribution is 6.74. The van der Waals surface area contributed by atoms with Crippen LogP contribution in [0, 0.1) is 6.92 Å². The lowest BCUT2D eigenvalue weighted by atomic mass is 9.76. The fraction of sp³-hybridized carbons (Fsp3) is 0.655. The molecule has 10 heteroatoms. The number of anilines is 1. The first-order valence-electron chi connectivity index (χ1n) is 14.2. The third-order valence-corrected chi connectivity index (χ3v) is 13.7. The molecule has 2 N–H and O–H groups in total. The van der Waals surface area contributed by atoms with Gasteiger partial charge in [-0.1, -0.05) is 32.9 Å². The van der Waals surface area contributed by atoms with Crippen LogP contribution in [0.1, 0.15) is 89.1 Å². The molecule has 1 aromatic carbocycles. The van der Waals surface area contributed by atoms with Gasteiger partial charge in [0.25, 0.3) is 5.91 Å². The van der Waals surface area contributed by atoms with Crippen molar-refractivity contribution in [1.29, 1.82) is 0 Å². The molecule has 1 aromatic heterocycles. The van der Waals surface area contributed by atoms with Gasteiger partial charge in [-0.2, -0.15) is 5.10 Å². The predicted octanol–water partition coefficient (Wildman–Crippen LogP) is 5.19. The highest BCUT2D eigenvalue weighted by atomic mass is 28.4. The fourth-order valence-electron chi connectivity index (χ4n) is 4.76. The molecule has 1 saturated heterocycles. The van der Waals surface area contributed by atoms with Gasteiger partial charge in [-0.25, -0.2) is 0 Å². The van der Waals surface area contributed by atoms with Crippen molar-refractivity contribution in [2.24, 2.45) is 0 Å². The second-order valence-electron chi connectivity index (χ2n) is 13.5. The second-order valence-corrected chi connectivity index (χ2v) is 18.3. The van der Waals surface area contributed by atoms with Gasteiger partial charge in [0.05, 0.1) is 16.9 Å². The zero-order valence-corrected chi connectivity index (χ0v) is 26.5. The monoisotopic (exact) mass is 554 g/mol. The molecular formula is C29H47BN4O4Si. The molecule has 0 unspecified atom stereocenters. The van der Waals surface area contributed by atoms with Gasteiger partial charge in [-0.3, -0.25) is 9.48 Å². The minimum Gasteiger partial charge on any atom is -0.416 e. The summed E-state index contributed by atoms with van der Waals surface area (Å²) >= 11 is 0. The zero-order chi connectivity index (χ0) is 28.8. The van der Waals surface area contributed by atoms with Gasteiger partial charge < -0.3 is 24.4 Å². The summed E-state index contributed by atoms with van der Waals surface area (Å²) in [6.45, 7) is 23.8. The SMILES string of the molecule is Cc1c(NC(=O)c2cc3n(n2)CCC[C@@H]3NCCO[Si](C)(C)C(C)(C)C)cccc1B1OC(C)(C)C(C)(C)O1. The molecule has 0 radical (unpaired) electrons. The maximum absolute atomic E-state index is 13.3. The number of amides is 1. The van der Waals surface area contributed by atoms with E-state index in [9.17, 15) is 4.79 Å². The van der Waals surface area contributed by atoms with Gasteiger partial charge in [0.1, 0.15) is 0 Å². The lowest BCUT2D eigenvalue weighted by Crippen LogP contribution is -2.42. The van der Waals surface area contributed by atoms with Crippen molar-refractivity contribution >= 4 is 32.5 Å². The minimum atomic E-state index is -1.77. The van der Waals surface area contributed by atoms with E-state index in [0.29, 0.717) is 12.3 Å². The quantitative estimate of drug-likeness (QED) is 0.345. The van der Waals surface area contributed by atoms with Gasteiger partial charge >= 0.3 is 7.12 Å². The van der Waals surface area contributed by atoms with Crippen molar-refractivity contribution in [2.75, 3.05) is 18.5 Å². The number of aryl methyl sites for hydroxylation is 1. The number of carbonyl (C=O) groups excluding carboxylic acids is 1. The first-order valence-corrected chi connectivity index (χ1v) is 17.1. The van der Waals surface area contributed by atoms with Crippen molar-refractivity contribution < 1.29 is 18.5 Å². The molecule has 8 nitrogen and oxygen atoms in total. The molecule has 1 atom stereocenters. The van der Waals surface area contributed by atoms with Gasteiger partial charge in [0, 0.05) is 31.4 Å². The molecule has 39 heavy (non-hydrogen) atoms. The Morgan fingerprint density at radius 1 is 1.21 bits per heavy atom. The van der Waals surface area contributed by atoms with Gasteiger partial charge in [0.15, 0.2) is 14.0 Å². The molecule has 2 aromatic rings. The molecule has 0 saturated carbocycles. The standard InChI is InChI=1S/C29H47BN4O4Si/c1-20-21(30-37-28(5,6)29(7,8)38-30)13-11-14-22(20)32-26(35)24-19-25-23(15-12-17-34(25)33-24)31-16-18-36-39(9,10)27(2,3)4/h11,13-14,19,23,31H,12,15-18H2,1-10H3,(H,32,35)/t23-/m0/s1. The maximum atomic E-state index is 13.3. The predicted molar refractivity (Wildman–Crippen MR) is 160 cm³/mol. The molecule has 0 aliphatic carbocycles. The maximum Gasteiger partial charge on any atom is 0.495 e. The topological polar surface area (TPSA) is 86.6 Å². The Hall–Kier alpha value is -1.98. The third kappa shape index (κ3) is 6.20. The Morgan fingerprint density at radius 2 is 1.87 bits per heavy atom. The molecule has 1 amide bonds. The Kier molecular flexibility index (Phi) is 8.29. The van der Waals surface area contributed by atoms with Crippen LogP contribution in [0.4, 0.5) is 5.69 Å². The van der Waals surface area contributed by atoms with E-state index in [1.54, 1.807) is 0 Å². The number of rotatable bonds is 8. The van der Waals surface area contributed by atoms with Gasteiger partial charge in [-0.05, 0) is 88.8 Å². The summed E-state index contributed by atoms with van der Waals surface area (Å²) in [5, 5.41) is 11.6. The van der Waals surface area contributed by atoms with Crippen LogP contribution in [-0.2, 0) is 20.3 Å². The van der Waals surface area contributed by atoms with Crippen LogP contribution in [0.2, 0.25) is 18.1 Å². The van der Waals surface area contributed by atoms with Crippen LogP contribution in [0.15, 0.2) is 24.3 Å². The van der Waals surface area contributed by atoms with Crippen LogP contribution >= 0.6 is 0 Å². The first kappa shape index (κ1) is 30.0. The van der Waals surface area contributed by atoms with Crippen molar-refractivity contribution in [3.8, 4) is 0 Å². The third-order valence-electron chi connectivity index (χ3n) is 9.16. The Bertz CT molecular complexity index is 1190. The van der Waals surface area contributed by atoms with Crippen molar-refractivity contribution in [3.63, 3.8) is 0 Å². The number of fused-ring (bicyclic) bond motifs is 1. The summed E-state index contributed by atoms with van der Waals surface area (Å²) in [4.78, 5) is 13.3. The number of nitrogens with zero attached hydrogens (tertiary/aromatic N) is 2. The van der Waals surface area contributed by atoms with Crippen LogP contribution in [-0.4, -0.2) is 55.5 Å². The van der Waals surface area contributed by atoms with Crippen LogP contribution < -0.4 is 16.1 Å². The average Bonchev–Trinajstić information content (AvgIpc) is 3.35. The van der Waals surface area contributed by atoms with E-state index in [0.717, 1.165) is 48.3 Å². The lowest BCUT2D eigenvalue weighted by Gasteiger charge is -2.36. The van der Waals surface area contributed by atoms with Crippen LogP contribution in [0.3, 0.4) is 0 Å². The Balaban J connectivity index is 1.42. The Morgan fingerprint density at radius 3 is 2.51 bits per heavy atom. The lowest BCUT2D eigenvalue weighted by molar-refractivity contribution is 0.00578. The van der Waals surface area contributed by atoms with E-state index < -0.39 is 26.6 Å². The molecule has 0 spiro atoms. The van der Waals surface area contributed by atoms with E-state index in [2.05, 4.69) is 49.6 Å². The van der Waals surface area contributed by atoms with Crippen molar-refractivity contribution in [1.82, 2.24) is 15.1 Å². The summed E-state index contributed by atoms with van der Waals surface area (Å²) in [7, 11) is -2.26. The summed E-state index contributed by atoms with van der Waals surface area (Å²) < 4.78 is 20.8. The first-order chi connectivity index (χ1) is 18.0. The Labute approximate surface area is 235 Å². The van der Waals surface area contributed by atoms with Gasteiger partial charge in [0.2, 0.25) is 0 Å². The van der Waals surface area contributed by atoms with E-state index in [4.69, 9.17) is 13.7 Å². The molecule has 2 aliphatic rings. The molecule has 214 valence electrons.